The molecule has 1 heterocycles. The Balaban J connectivity index is 2.27. The fourth-order valence-corrected chi connectivity index (χ4v) is 3.40. The van der Waals surface area contributed by atoms with Crippen molar-refractivity contribution in [3.05, 3.63) is 35.2 Å². The minimum absolute atomic E-state index is 0.331. The molecule has 2 heteroatoms. The molecule has 0 radical (unpaired) electrons. The SMILES string of the molecule is CCC(C)(C)C(Cc1csc2ccccc12)NC. The second-order valence-corrected chi connectivity index (χ2v) is 6.56. The van der Waals surface area contributed by atoms with Crippen LogP contribution in [0.25, 0.3) is 10.1 Å². The first kappa shape index (κ1) is 13.6. The van der Waals surface area contributed by atoms with Crippen LogP contribution in [0, 0.1) is 5.41 Å². The molecule has 0 saturated carbocycles. The number of fused-ring (bicyclic) bond motifs is 1. The Morgan fingerprint density at radius 2 is 2.00 bits per heavy atom. The summed E-state index contributed by atoms with van der Waals surface area (Å²) in [5, 5.41) is 7.25. The van der Waals surface area contributed by atoms with Crippen LogP contribution in [-0.2, 0) is 6.42 Å². The van der Waals surface area contributed by atoms with Crippen molar-refractivity contribution in [2.24, 2.45) is 5.41 Å². The number of likely N-dealkylation sites (N-methyl/N-ethyl adjacent to an activating group) is 1. The maximum absolute atomic E-state index is 3.50. The third kappa shape index (κ3) is 2.60. The fourth-order valence-electron chi connectivity index (χ4n) is 2.43. The highest BCUT2D eigenvalue weighted by molar-refractivity contribution is 7.17. The standard InChI is InChI=1S/C16H23NS/c1-5-16(2,3)15(17-4)10-12-11-18-14-9-7-6-8-13(12)14/h6-9,11,15,17H,5,10H2,1-4H3. The number of rotatable bonds is 5. The molecule has 1 unspecified atom stereocenters. The molecule has 0 bridgehead atoms. The first-order valence-corrected chi connectivity index (χ1v) is 7.59. The molecule has 18 heavy (non-hydrogen) atoms. The summed E-state index contributed by atoms with van der Waals surface area (Å²) in [5.41, 5.74) is 1.81. The van der Waals surface area contributed by atoms with Crippen LogP contribution < -0.4 is 5.32 Å². The van der Waals surface area contributed by atoms with Crippen molar-refractivity contribution < 1.29 is 0 Å². The van der Waals surface area contributed by atoms with Crippen molar-refractivity contribution in [1.82, 2.24) is 5.32 Å². The maximum Gasteiger partial charge on any atom is 0.0345 e. The predicted molar refractivity (Wildman–Crippen MR) is 82.4 cm³/mol. The third-order valence-corrected chi connectivity index (χ3v) is 5.20. The van der Waals surface area contributed by atoms with E-state index in [9.17, 15) is 0 Å². The molecule has 0 fully saturated rings. The normalized spacial score (nSPS) is 14.0. The van der Waals surface area contributed by atoms with E-state index in [1.54, 1.807) is 0 Å². The Morgan fingerprint density at radius 1 is 1.28 bits per heavy atom. The van der Waals surface area contributed by atoms with Crippen LogP contribution in [0.1, 0.15) is 32.8 Å². The molecule has 0 aliphatic rings. The summed E-state index contributed by atoms with van der Waals surface area (Å²) in [7, 11) is 2.08. The van der Waals surface area contributed by atoms with Crippen molar-refractivity contribution in [3.8, 4) is 0 Å². The van der Waals surface area contributed by atoms with Crippen molar-refractivity contribution in [2.75, 3.05) is 7.05 Å². The molecular formula is C16H23NS. The fraction of sp³-hybridized carbons (Fsp3) is 0.500. The van der Waals surface area contributed by atoms with Gasteiger partial charge in [-0.2, -0.15) is 0 Å². The van der Waals surface area contributed by atoms with Gasteiger partial charge in [0.15, 0.2) is 0 Å². The molecule has 0 aliphatic carbocycles. The van der Waals surface area contributed by atoms with Crippen molar-refractivity contribution in [2.45, 2.75) is 39.7 Å². The van der Waals surface area contributed by atoms with Crippen molar-refractivity contribution in [1.29, 1.82) is 0 Å². The highest BCUT2D eigenvalue weighted by Gasteiger charge is 2.27. The minimum atomic E-state index is 0.331. The number of hydrogen-bond acceptors (Lipinski definition) is 2. The van der Waals surface area contributed by atoms with E-state index in [1.165, 1.54) is 22.1 Å². The lowest BCUT2D eigenvalue weighted by molar-refractivity contribution is 0.241. The van der Waals surface area contributed by atoms with Crippen LogP contribution in [0.4, 0.5) is 0 Å². The summed E-state index contributed by atoms with van der Waals surface area (Å²) in [5.74, 6) is 0. The van der Waals surface area contributed by atoms with E-state index in [0.717, 1.165) is 6.42 Å². The molecular weight excluding hydrogens is 238 g/mol. The molecule has 0 saturated heterocycles. The van der Waals surface area contributed by atoms with E-state index in [0.29, 0.717) is 11.5 Å². The Kier molecular flexibility index (Phi) is 4.08. The van der Waals surface area contributed by atoms with Crippen molar-refractivity contribution in [3.63, 3.8) is 0 Å². The summed E-state index contributed by atoms with van der Waals surface area (Å²) >= 11 is 1.86. The molecule has 1 aromatic heterocycles. The Bertz CT molecular complexity index is 513. The predicted octanol–water partition coefficient (Wildman–Crippen LogP) is 4.47. The monoisotopic (exact) mass is 261 g/mol. The summed E-state index contributed by atoms with van der Waals surface area (Å²) in [6, 6.07) is 9.24. The van der Waals surface area contributed by atoms with E-state index in [1.807, 2.05) is 11.3 Å². The minimum Gasteiger partial charge on any atom is -0.316 e. The Labute approximate surface area is 114 Å². The Hall–Kier alpha value is -0.860. The summed E-state index contributed by atoms with van der Waals surface area (Å²) in [6.07, 6.45) is 2.31. The van der Waals surface area contributed by atoms with Gasteiger partial charge in [0.2, 0.25) is 0 Å². The average Bonchev–Trinajstić information content (AvgIpc) is 2.79. The van der Waals surface area contributed by atoms with Gasteiger partial charge in [0, 0.05) is 10.7 Å². The lowest BCUT2D eigenvalue weighted by Crippen LogP contribution is -2.41. The zero-order valence-electron chi connectivity index (χ0n) is 11.8. The van der Waals surface area contributed by atoms with Crippen molar-refractivity contribution >= 4 is 21.4 Å². The molecule has 2 aromatic rings. The highest BCUT2D eigenvalue weighted by atomic mass is 32.1. The second-order valence-electron chi connectivity index (χ2n) is 5.64. The maximum atomic E-state index is 3.50. The van der Waals surface area contributed by atoms with E-state index >= 15 is 0 Å². The van der Waals surface area contributed by atoms with Crippen LogP contribution in [0.15, 0.2) is 29.6 Å². The summed E-state index contributed by atoms with van der Waals surface area (Å²) < 4.78 is 1.40. The zero-order valence-corrected chi connectivity index (χ0v) is 12.6. The molecule has 0 spiro atoms. The van der Waals surface area contributed by atoms with Gasteiger partial charge < -0.3 is 5.32 Å². The number of benzene rings is 1. The van der Waals surface area contributed by atoms with Crippen LogP contribution >= 0.6 is 11.3 Å². The summed E-state index contributed by atoms with van der Waals surface area (Å²) in [4.78, 5) is 0. The van der Waals surface area contributed by atoms with E-state index in [4.69, 9.17) is 0 Å². The van der Waals surface area contributed by atoms with E-state index in [2.05, 4.69) is 62.8 Å². The lowest BCUT2D eigenvalue weighted by atomic mass is 9.79. The van der Waals surface area contributed by atoms with Crippen LogP contribution in [-0.4, -0.2) is 13.1 Å². The van der Waals surface area contributed by atoms with E-state index < -0.39 is 0 Å². The molecule has 1 aromatic carbocycles. The summed E-state index contributed by atoms with van der Waals surface area (Å²) in [6.45, 7) is 6.97. The van der Waals surface area contributed by atoms with Gasteiger partial charge in [0.1, 0.15) is 0 Å². The smallest absolute Gasteiger partial charge is 0.0345 e. The largest absolute Gasteiger partial charge is 0.316 e. The van der Waals surface area contributed by atoms with Gasteiger partial charge in [-0.3, -0.25) is 0 Å². The van der Waals surface area contributed by atoms with Gasteiger partial charge in [-0.15, -0.1) is 11.3 Å². The first-order valence-electron chi connectivity index (χ1n) is 6.71. The van der Waals surface area contributed by atoms with Gasteiger partial charge in [0.25, 0.3) is 0 Å². The number of hydrogen-bond donors (Lipinski definition) is 1. The zero-order chi connectivity index (χ0) is 13.2. The Morgan fingerprint density at radius 3 is 2.67 bits per heavy atom. The quantitative estimate of drug-likeness (QED) is 0.837. The van der Waals surface area contributed by atoms with Gasteiger partial charge in [-0.05, 0) is 47.7 Å². The number of nitrogens with one attached hydrogen (secondary N) is 1. The molecule has 1 N–H and O–H groups in total. The first-order chi connectivity index (χ1) is 8.58. The van der Waals surface area contributed by atoms with Crippen LogP contribution in [0.5, 0.6) is 0 Å². The molecule has 0 aliphatic heterocycles. The molecule has 98 valence electrons. The lowest BCUT2D eigenvalue weighted by Gasteiger charge is -2.33. The second kappa shape index (κ2) is 5.41. The molecule has 1 atom stereocenters. The van der Waals surface area contributed by atoms with Crippen LogP contribution in [0.2, 0.25) is 0 Å². The molecule has 2 rings (SSSR count). The van der Waals surface area contributed by atoms with Gasteiger partial charge in [-0.1, -0.05) is 39.0 Å². The van der Waals surface area contributed by atoms with E-state index in [-0.39, 0.29) is 0 Å². The highest BCUT2D eigenvalue weighted by Crippen LogP contribution is 2.31. The third-order valence-electron chi connectivity index (χ3n) is 4.19. The molecule has 1 nitrogen and oxygen atoms in total. The van der Waals surface area contributed by atoms with Crippen LogP contribution in [0.3, 0.4) is 0 Å². The topological polar surface area (TPSA) is 12.0 Å². The number of thiophene rings is 1. The van der Waals surface area contributed by atoms with Gasteiger partial charge in [-0.25, -0.2) is 0 Å². The van der Waals surface area contributed by atoms with Gasteiger partial charge in [0.05, 0.1) is 0 Å². The molecule has 0 amide bonds. The average molecular weight is 261 g/mol. The van der Waals surface area contributed by atoms with Gasteiger partial charge >= 0.3 is 0 Å².